The van der Waals surface area contributed by atoms with Crippen molar-refractivity contribution in [3.63, 3.8) is 0 Å². The van der Waals surface area contributed by atoms with Crippen molar-refractivity contribution in [3.05, 3.63) is 34.9 Å². The molecule has 0 saturated carbocycles. The van der Waals surface area contributed by atoms with Gasteiger partial charge in [0.2, 0.25) is 0 Å². The van der Waals surface area contributed by atoms with Gasteiger partial charge in [-0.15, -0.1) is 0 Å². The molecule has 0 aliphatic rings. The number of nitrogens with two attached hydrogens (primary N) is 1. The van der Waals surface area contributed by atoms with Crippen LogP contribution >= 0.6 is 0 Å². The van der Waals surface area contributed by atoms with E-state index in [9.17, 15) is 4.79 Å². The van der Waals surface area contributed by atoms with Crippen molar-refractivity contribution in [2.75, 3.05) is 26.3 Å². The molecule has 0 aliphatic heterocycles. The Morgan fingerprint density at radius 1 is 1.33 bits per heavy atom. The van der Waals surface area contributed by atoms with Gasteiger partial charge in [0.15, 0.2) is 0 Å². The van der Waals surface area contributed by atoms with Crippen molar-refractivity contribution < 1.29 is 9.53 Å². The highest BCUT2D eigenvalue weighted by Crippen LogP contribution is 2.09. The zero-order valence-corrected chi connectivity index (χ0v) is 12.9. The van der Waals surface area contributed by atoms with Crippen LogP contribution in [0.1, 0.15) is 41.3 Å². The largest absolute Gasteiger partial charge is 0.381 e. The first-order chi connectivity index (χ1) is 10.2. The summed E-state index contributed by atoms with van der Waals surface area (Å²) < 4.78 is 5.37. The zero-order chi connectivity index (χ0) is 15.5. The molecular weight excluding hydrogens is 264 g/mol. The lowest BCUT2D eigenvalue weighted by Gasteiger charge is -2.07. The smallest absolute Gasteiger partial charge is 0.251 e. The zero-order valence-electron chi connectivity index (χ0n) is 12.9. The number of benzene rings is 1. The molecular formula is C17H24N2O2. The second kappa shape index (κ2) is 9.98. The van der Waals surface area contributed by atoms with Gasteiger partial charge in [0.1, 0.15) is 0 Å². The van der Waals surface area contributed by atoms with Gasteiger partial charge in [0.05, 0.1) is 6.54 Å². The number of rotatable bonds is 7. The minimum Gasteiger partial charge on any atom is -0.381 e. The van der Waals surface area contributed by atoms with Gasteiger partial charge >= 0.3 is 0 Å². The first-order valence-corrected chi connectivity index (χ1v) is 7.34. The Kier molecular flexibility index (Phi) is 8.18. The van der Waals surface area contributed by atoms with Crippen LogP contribution < -0.4 is 11.1 Å². The van der Waals surface area contributed by atoms with E-state index in [4.69, 9.17) is 10.5 Å². The third kappa shape index (κ3) is 6.94. The van der Waals surface area contributed by atoms with Crippen LogP contribution in [0.15, 0.2) is 18.2 Å². The van der Waals surface area contributed by atoms with Gasteiger partial charge < -0.3 is 15.8 Å². The highest BCUT2D eigenvalue weighted by Gasteiger charge is 2.06. The normalized spacial score (nSPS) is 9.86. The lowest BCUT2D eigenvalue weighted by Crippen LogP contribution is -2.25. The Morgan fingerprint density at radius 3 is 2.86 bits per heavy atom. The molecule has 0 aromatic heterocycles. The van der Waals surface area contributed by atoms with E-state index in [1.54, 1.807) is 6.07 Å². The van der Waals surface area contributed by atoms with Gasteiger partial charge in [-0.1, -0.05) is 18.8 Å². The Morgan fingerprint density at radius 2 is 2.14 bits per heavy atom. The maximum atomic E-state index is 12.1. The van der Waals surface area contributed by atoms with E-state index >= 15 is 0 Å². The number of hydrogen-bond donors (Lipinski definition) is 2. The standard InChI is InChI=1S/C17H24N2O2/c1-3-9-21-10-5-8-19-17(20)16-12-14(2)11-15(13-16)6-4-7-18/h11-13H,3,5,7-10,18H2,1-2H3,(H,19,20). The Hall–Kier alpha value is -1.83. The number of nitrogens with one attached hydrogen (secondary N) is 1. The number of aryl methyl sites for hydroxylation is 1. The Balaban J connectivity index is 2.51. The van der Waals surface area contributed by atoms with Gasteiger partial charge in [0.25, 0.3) is 5.91 Å². The average Bonchev–Trinajstić information content (AvgIpc) is 2.48. The Bertz CT molecular complexity index is 515. The molecule has 0 radical (unpaired) electrons. The molecule has 114 valence electrons. The van der Waals surface area contributed by atoms with Gasteiger partial charge in [0, 0.05) is 30.9 Å². The molecule has 0 fully saturated rings. The van der Waals surface area contributed by atoms with Crippen molar-refractivity contribution in [2.45, 2.75) is 26.7 Å². The van der Waals surface area contributed by atoms with E-state index in [1.807, 2.05) is 19.1 Å². The molecule has 1 amide bonds. The topological polar surface area (TPSA) is 64.3 Å². The summed E-state index contributed by atoms with van der Waals surface area (Å²) in [6.07, 6.45) is 1.83. The van der Waals surface area contributed by atoms with Crippen molar-refractivity contribution in [1.82, 2.24) is 5.32 Å². The quantitative estimate of drug-likeness (QED) is 0.594. The summed E-state index contributed by atoms with van der Waals surface area (Å²) in [6.45, 7) is 6.39. The molecule has 1 aromatic carbocycles. The van der Waals surface area contributed by atoms with Crippen LogP contribution in [0.2, 0.25) is 0 Å². The monoisotopic (exact) mass is 288 g/mol. The van der Waals surface area contributed by atoms with E-state index in [-0.39, 0.29) is 5.91 Å². The van der Waals surface area contributed by atoms with Crippen LogP contribution in [-0.2, 0) is 4.74 Å². The number of carbonyl (C=O) groups is 1. The number of amides is 1. The van der Waals surface area contributed by atoms with Crippen LogP contribution in [0, 0.1) is 18.8 Å². The molecule has 21 heavy (non-hydrogen) atoms. The second-order valence-corrected chi connectivity index (χ2v) is 4.82. The van der Waals surface area contributed by atoms with Crippen LogP contribution in [-0.4, -0.2) is 32.2 Å². The molecule has 1 rings (SSSR count). The second-order valence-electron chi connectivity index (χ2n) is 4.82. The highest BCUT2D eigenvalue weighted by molar-refractivity contribution is 5.94. The van der Waals surface area contributed by atoms with E-state index in [1.165, 1.54) is 0 Å². The van der Waals surface area contributed by atoms with Crippen LogP contribution in [0.5, 0.6) is 0 Å². The lowest BCUT2D eigenvalue weighted by atomic mass is 10.1. The first-order valence-electron chi connectivity index (χ1n) is 7.34. The maximum Gasteiger partial charge on any atom is 0.251 e. The van der Waals surface area contributed by atoms with Crippen LogP contribution in [0.4, 0.5) is 0 Å². The summed E-state index contributed by atoms with van der Waals surface area (Å²) in [7, 11) is 0. The lowest BCUT2D eigenvalue weighted by molar-refractivity contribution is 0.0941. The molecule has 0 heterocycles. The summed E-state index contributed by atoms with van der Waals surface area (Å²) in [5.41, 5.74) is 7.82. The van der Waals surface area contributed by atoms with Crippen molar-refractivity contribution in [3.8, 4) is 11.8 Å². The molecule has 1 aromatic rings. The fourth-order valence-electron chi connectivity index (χ4n) is 1.86. The molecule has 0 aliphatic carbocycles. The Labute approximate surface area is 127 Å². The highest BCUT2D eigenvalue weighted by atomic mass is 16.5. The fourth-order valence-corrected chi connectivity index (χ4v) is 1.86. The van der Waals surface area contributed by atoms with Crippen molar-refractivity contribution in [2.24, 2.45) is 5.73 Å². The van der Waals surface area contributed by atoms with Crippen LogP contribution in [0.3, 0.4) is 0 Å². The third-order valence-corrected chi connectivity index (χ3v) is 2.77. The van der Waals surface area contributed by atoms with Gasteiger partial charge in [-0.3, -0.25) is 4.79 Å². The van der Waals surface area contributed by atoms with E-state index in [0.29, 0.717) is 25.3 Å². The summed E-state index contributed by atoms with van der Waals surface area (Å²) in [6, 6.07) is 5.59. The predicted molar refractivity (Wildman–Crippen MR) is 85.2 cm³/mol. The minimum absolute atomic E-state index is 0.0787. The van der Waals surface area contributed by atoms with Crippen molar-refractivity contribution in [1.29, 1.82) is 0 Å². The SMILES string of the molecule is CCCOCCCNC(=O)c1cc(C)cc(C#CCN)c1. The predicted octanol–water partition coefficient (Wildman–Crippen LogP) is 1.85. The summed E-state index contributed by atoms with van der Waals surface area (Å²) in [5, 5.41) is 2.89. The molecule has 0 atom stereocenters. The fraction of sp³-hybridized carbons (Fsp3) is 0.471. The van der Waals surface area contributed by atoms with Crippen LogP contribution in [0.25, 0.3) is 0 Å². The van der Waals surface area contributed by atoms with Gasteiger partial charge in [-0.2, -0.15) is 0 Å². The maximum absolute atomic E-state index is 12.1. The molecule has 0 bridgehead atoms. The molecule has 0 unspecified atom stereocenters. The van der Waals surface area contributed by atoms with Crippen molar-refractivity contribution >= 4 is 5.91 Å². The summed E-state index contributed by atoms with van der Waals surface area (Å²) in [4.78, 5) is 12.1. The first kappa shape index (κ1) is 17.2. The molecule has 3 N–H and O–H groups in total. The summed E-state index contributed by atoms with van der Waals surface area (Å²) in [5.74, 6) is 5.68. The molecule has 0 saturated heterocycles. The van der Waals surface area contributed by atoms with Gasteiger partial charge in [-0.25, -0.2) is 0 Å². The molecule has 0 spiro atoms. The van der Waals surface area contributed by atoms with Gasteiger partial charge in [-0.05, 0) is 43.5 Å². The molecule has 4 nitrogen and oxygen atoms in total. The molecule has 4 heteroatoms. The average molecular weight is 288 g/mol. The number of carbonyl (C=O) groups excluding carboxylic acids is 1. The summed E-state index contributed by atoms with van der Waals surface area (Å²) >= 11 is 0. The number of hydrogen-bond acceptors (Lipinski definition) is 3. The number of ether oxygens (including phenoxy) is 1. The van der Waals surface area contributed by atoms with E-state index in [0.717, 1.165) is 30.6 Å². The van der Waals surface area contributed by atoms with E-state index in [2.05, 4.69) is 24.1 Å². The third-order valence-electron chi connectivity index (χ3n) is 2.77. The van der Waals surface area contributed by atoms with E-state index < -0.39 is 0 Å². The minimum atomic E-state index is -0.0787.